The molecule has 1 aliphatic rings. The number of aromatic amines is 1. The fourth-order valence-electron chi connectivity index (χ4n) is 2.95. The maximum absolute atomic E-state index is 9.27. The molecule has 3 nitrogen and oxygen atoms in total. The van der Waals surface area contributed by atoms with E-state index >= 15 is 0 Å². The standard InChI is InChI=1S/C15H20N2O/c18-11-12-4-3-7-17(9-12)10-13-8-16-15-6-2-1-5-14(13)15/h1-2,5-6,8,12,16,18H,3-4,7,9-11H2/t12-/m0/s1. The van der Waals surface area contributed by atoms with Crippen molar-refractivity contribution >= 4 is 10.9 Å². The number of H-pyrrole nitrogens is 1. The Hall–Kier alpha value is -1.32. The number of aromatic nitrogens is 1. The summed E-state index contributed by atoms with van der Waals surface area (Å²) in [5, 5.41) is 10.6. The molecule has 0 radical (unpaired) electrons. The first-order valence-electron chi connectivity index (χ1n) is 6.75. The summed E-state index contributed by atoms with van der Waals surface area (Å²) in [6.45, 7) is 3.48. The quantitative estimate of drug-likeness (QED) is 0.870. The molecule has 2 N–H and O–H groups in total. The lowest BCUT2D eigenvalue weighted by atomic mass is 9.98. The van der Waals surface area contributed by atoms with Gasteiger partial charge in [-0.05, 0) is 36.9 Å². The SMILES string of the molecule is OC[C@H]1CCCN(Cc2c[nH]c3ccccc23)C1. The first-order valence-corrected chi connectivity index (χ1v) is 6.75. The van der Waals surface area contributed by atoms with E-state index in [9.17, 15) is 5.11 Å². The molecular formula is C15H20N2O. The number of hydrogen-bond acceptors (Lipinski definition) is 2. The topological polar surface area (TPSA) is 39.3 Å². The van der Waals surface area contributed by atoms with Crippen LogP contribution in [0, 0.1) is 5.92 Å². The van der Waals surface area contributed by atoms with Gasteiger partial charge in [-0.3, -0.25) is 4.90 Å². The minimum atomic E-state index is 0.324. The van der Waals surface area contributed by atoms with Gasteiger partial charge in [0, 0.05) is 36.8 Å². The summed E-state index contributed by atoms with van der Waals surface area (Å²) < 4.78 is 0. The largest absolute Gasteiger partial charge is 0.396 e. The molecule has 18 heavy (non-hydrogen) atoms. The summed E-state index contributed by atoms with van der Waals surface area (Å²) >= 11 is 0. The van der Waals surface area contributed by atoms with Crippen LogP contribution in [0.4, 0.5) is 0 Å². The van der Waals surface area contributed by atoms with E-state index in [1.165, 1.54) is 29.3 Å². The minimum Gasteiger partial charge on any atom is -0.396 e. The average molecular weight is 244 g/mol. The van der Waals surface area contributed by atoms with Crippen LogP contribution < -0.4 is 0 Å². The normalized spacial score (nSPS) is 21.5. The number of aliphatic hydroxyl groups is 1. The summed E-state index contributed by atoms with van der Waals surface area (Å²) in [7, 11) is 0. The second-order valence-corrected chi connectivity index (χ2v) is 5.29. The number of piperidine rings is 1. The van der Waals surface area contributed by atoms with Crippen LogP contribution in [-0.2, 0) is 6.54 Å². The van der Waals surface area contributed by atoms with Gasteiger partial charge in [-0.2, -0.15) is 0 Å². The van der Waals surface area contributed by atoms with Gasteiger partial charge in [0.1, 0.15) is 0 Å². The Kier molecular flexibility index (Phi) is 3.35. The Balaban J connectivity index is 1.76. The molecule has 96 valence electrons. The lowest BCUT2D eigenvalue weighted by Gasteiger charge is -2.31. The molecule has 3 rings (SSSR count). The van der Waals surface area contributed by atoms with Gasteiger partial charge in [-0.15, -0.1) is 0 Å². The van der Waals surface area contributed by atoms with Crippen molar-refractivity contribution in [1.82, 2.24) is 9.88 Å². The van der Waals surface area contributed by atoms with E-state index in [1.807, 2.05) is 0 Å². The number of aliphatic hydroxyl groups excluding tert-OH is 1. The second-order valence-electron chi connectivity index (χ2n) is 5.29. The van der Waals surface area contributed by atoms with Crippen molar-refractivity contribution in [3.05, 3.63) is 36.0 Å². The van der Waals surface area contributed by atoms with Gasteiger partial charge >= 0.3 is 0 Å². The van der Waals surface area contributed by atoms with Crippen LogP contribution in [0.25, 0.3) is 10.9 Å². The van der Waals surface area contributed by atoms with Crippen molar-refractivity contribution in [2.75, 3.05) is 19.7 Å². The summed E-state index contributed by atoms with van der Waals surface area (Å²) in [6, 6.07) is 8.44. The van der Waals surface area contributed by atoms with Crippen LogP contribution in [0.2, 0.25) is 0 Å². The lowest BCUT2D eigenvalue weighted by Crippen LogP contribution is -2.36. The molecule has 1 aromatic heterocycles. The lowest BCUT2D eigenvalue weighted by molar-refractivity contribution is 0.116. The van der Waals surface area contributed by atoms with Gasteiger partial charge in [0.15, 0.2) is 0 Å². The molecular weight excluding hydrogens is 224 g/mol. The monoisotopic (exact) mass is 244 g/mol. The number of hydrogen-bond donors (Lipinski definition) is 2. The van der Waals surface area contributed by atoms with Gasteiger partial charge in [-0.25, -0.2) is 0 Å². The summed E-state index contributed by atoms with van der Waals surface area (Å²) in [5.41, 5.74) is 2.58. The van der Waals surface area contributed by atoms with Gasteiger partial charge in [0.2, 0.25) is 0 Å². The van der Waals surface area contributed by atoms with Gasteiger partial charge in [-0.1, -0.05) is 18.2 Å². The third kappa shape index (κ3) is 2.28. The van der Waals surface area contributed by atoms with E-state index in [-0.39, 0.29) is 0 Å². The summed E-state index contributed by atoms with van der Waals surface area (Å²) in [4.78, 5) is 5.79. The highest BCUT2D eigenvalue weighted by molar-refractivity contribution is 5.82. The Labute approximate surface area is 107 Å². The Morgan fingerprint density at radius 2 is 2.22 bits per heavy atom. The van der Waals surface area contributed by atoms with Crippen LogP contribution >= 0.6 is 0 Å². The Morgan fingerprint density at radius 1 is 1.33 bits per heavy atom. The number of nitrogens with zero attached hydrogens (tertiary/aromatic N) is 1. The third-order valence-electron chi connectivity index (χ3n) is 3.93. The molecule has 2 heterocycles. The molecule has 0 saturated carbocycles. The van der Waals surface area contributed by atoms with E-state index in [0.717, 1.165) is 19.6 Å². The number of fused-ring (bicyclic) bond motifs is 1. The molecule has 3 heteroatoms. The third-order valence-corrected chi connectivity index (χ3v) is 3.93. The zero-order valence-electron chi connectivity index (χ0n) is 10.6. The van der Waals surface area contributed by atoms with Crippen LogP contribution in [0.15, 0.2) is 30.5 Å². The predicted molar refractivity (Wildman–Crippen MR) is 73.4 cm³/mol. The highest BCUT2D eigenvalue weighted by Crippen LogP contribution is 2.22. The van der Waals surface area contributed by atoms with Crippen LogP contribution in [0.3, 0.4) is 0 Å². The van der Waals surface area contributed by atoms with Crippen molar-refractivity contribution in [2.45, 2.75) is 19.4 Å². The molecule has 2 aromatic rings. The van der Waals surface area contributed by atoms with Crippen molar-refractivity contribution in [2.24, 2.45) is 5.92 Å². The van der Waals surface area contributed by atoms with Crippen molar-refractivity contribution < 1.29 is 5.11 Å². The van der Waals surface area contributed by atoms with E-state index in [4.69, 9.17) is 0 Å². The first kappa shape index (κ1) is 11.8. The number of para-hydroxylation sites is 1. The number of rotatable bonds is 3. The molecule has 0 spiro atoms. The summed E-state index contributed by atoms with van der Waals surface area (Å²) in [5.74, 6) is 0.462. The highest BCUT2D eigenvalue weighted by atomic mass is 16.3. The molecule has 1 fully saturated rings. The van der Waals surface area contributed by atoms with E-state index in [0.29, 0.717) is 12.5 Å². The van der Waals surface area contributed by atoms with Crippen molar-refractivity contribution in [1.29, 1.82) is 0 Å². The van der Waals surface area contributed by atoms with Crippen LogP contribution in [0.5, 0.6) is 0 Å². The summed E-state index contributed by atoms with van der Waals surface area (Å²) in [6.07, 6.45) is 4.49. The minimum absolute atomic E-state index is 0.324. The fourth-order valence-corrected chi connectivity index (χ4v) is 2.95. The maximum Gasteiger partial charge on any atom is 0.0471 e. The predicted octanol–water partition coefficient (Wildman–Crippen LogP) is 2.37. The molecule has 1 aliphatic heterocycles. The van der Waals surface area contributed by atoms with Gasteiger partial charge < -0.3 is 10.1 Å². The maximum atomic E-state index is 9.27. The molecule has 0 bridgehead atoms. The van der Waals surface area contributed by atoms with E-state index < -0.39 is 0 Å². The smallest absolute Gasteiger partial charge is 0.0471 e. The molecule has 0 amide bonds. The van der Waals surface area contributed by atoms with Crippen LogP contribution in [-0.4, -0.2) is 34.7 Å². The number of likely N-dealkylation sites (tertiary alicyclic amines) is 1. The van der Waals surface area contributed by atoms with Crippen LogP contribution in [0.1, 0.15) is 18.4 Å². The Bertz CT molecular complexity index is 520. The van der Waals surface area contributed by atoms with Gasteiger partial charge in [0.05, 0.1) is 0 Å². The fraction of sp³-hybridized carbons (Fsp3) is 0.467. The van der Waals surface area contributed by atoms with Crippen molar-refractivity contribution in [3.8, 4) is 0 Å². The molecule has 1 atom stereocenters. The zero-order chi connectivity index (χ0) is 12.4. The van der Waals surface area contributed by atoms with E-state index in [2.05, 4.69) is 40.3 Å². The van der Waals surface area contributed by atoms with E-state index in [1.54, 1.807) is 0 Å². The number of nitrogens with one attached hydrogen (secondary N) is 1. The Morgan fingerprint density at radius 3 is 3.11 bits per heavy atom. The van der Waals surface area contributed by atoms with Gasteiger partial charge in [0.25, 0.3) is 0 Å². The first-order chi connectivity index (χ1) is 8.86. The molecule has 0 aliphatic carbocycles. The molecule has 0 unspecified atom stereocenters. The second kappa shape index (κ2) is 5.12. The molecule has 1 saturated heterocycles. The van der Waals surface area contributed by atoms with Crippen molar-refractivity contribution in [3.63, 3.8) is 0 Å². The zero-order valence-corrected chi connectivity index (χ0v) is 10.6. The average Bonchev–Trinajstić information content (AvgIpc) is 2.83. The highest BCUT2D eigenvalue weighted by Gasteiger charge is 2.19. The molecule has 1 aromatic carbocycles. The number of benzene rings is 1.